The monoisotopic (exact) mass is 371 g/mol. The van der Waals surface area contributed by atoms with E-state index in [0.717, 1.165) is 25.6 Å². The molecule has 6 heteroatoms. The van der Waals surface area contributed by atoms with Gasteiger partial charge in [-0.3, -0.25) is 4.99 Å². The number of nitrogens with zero attached hydrogens (tertiary/aromatic N) is 2. The highest BCUT2D eigenvalue weighted by Gasteiger charge is 2.39. The summed E-state index contributed by atoms with van der Waals surface area (Å²) in [5, 5.41) is 3.45. The number of sulfone groups is 1. The Morgan fingerprint density at radius 1 is 1.20 bits per heavy atom. The highest BCUT2D eigenvalue weighted by molar-refractivity contribution is 7.90. The van der Waals surface area contributed by atoms with Gasteiger partial charge in [-0.05, 0) is 43.4 Å². The van der Waals surface area contributed by atoms with Gasteiger partial charge in [0.05, 0.1) is 5.75 Å². The van der Waals surface area contributed by atoms with Crippen molar-refractivity contribution in [1.29, 1.82) is 0 Å². The first-order valence-electron chi connectivity index (χ1n) is 9.86. The number of likely N-dealkylation sites (tertiary alicyclic amines) is 1. The summed E-state index contributed by atoms with van der Waals surface area (Å²) in [6.07, 6.45) is 10.1. The third-order valence-electron chi connectivity index (χ3n) is 5.79. The summed E-state index contributed by atoms with van der Waals surface area (Å²) in [6, 6.07) is 0. The van der Waals surface area contributed by atoms with Crippen molar-refractivity contribution in [3.05, 3.63) is 0 Å². The number of hydrogen-bond acceptors (Lipinski definition) is 3. The highest BCUT2D eigenvalue weighted by Crippen LogP contribution is 2.43. The molecule has 1 spiro atoms. The van der Waals surface area contributed by atoms with E-state index in [1.54, 1.807) is 0 Å². The van der Waals surface area contributed by atoms with Gasteiger partial charge in [-0.2, -0.15) is 0 Å². The molecule has 146 valence electrons. The van der Waals surface area contributed by atoms with Crippen molar-refractivity contribution in [2.45, 2.75) is 65.7 Å². The lowest BCUT2D eigenvalue weighted by atomic mass is 9.73. The molecule has 0 aromatic carbocycles. The number of guanidine groups is 1. The van der Waals surface area contributed by atoms with Crippen LogP contribution in [0, 0.1) is 10.8 Å². The third-order valence-corrected chi connectivity index (χ3v) is 6.74. The average Bonchev–Trinajstić information content (AvgIpc) is 2.93. The van der Waals surface area contributed by atoms with Crippen LogP contribution < -0.4 is 5.32 Å². The Bertz CT molecular complexity index is 563. The van der Waals surface area contributed by atoms with Crippen LogP contribution in [0.1, 0.15) is 65.7 Å². The molecule has 1 aliphatic heterocycles. The second-order valence-corrected chi connectivity index (χ2v) is 11.2. The van der Waals surface area contributed by atoms with Gasteiger partial charge in [0, 0.05) is 32.4 Å². The maximum absolute atomic E-state index is 11.4. The minimum absolute atomic E-state index is 0.105. The molecular formula is C19H37N3O2S. The maximum Gasteiger partial charge on any atom is 0.193 e. The predicted molar refractivity (Wildman–Crippen MR) is 106 cm³/mol. The minimum atomic E-state index is -2.91. The van der Waals surface area contributed by atoms with E-state index in [1.165, 1.54) is 44.8 Å². The molecule has 2 rings (SSSR count). The Hall–Kier alpha value is -0.780. The molecule has 1 saturated heterocycles. The van der Waals surface area contributed by atoms with E-state index in [2.05, 4.69) is 31.0 Å². The van der Waals surface area contributed by atoms with Gasteiger partial charge in [-0.25, -0.2) is 8.42 Å². The van der Waals surface area contributed by atoms with Crippen LogP contribution in [0.2, 0.25) is 0 Å². The number of nitrogens with one attached hydrogen (secondary N) is 1. The van der Waals surface area contributed by atoms with Gasteiger partial charge in [0.1, 0.15) is 9.84 Å². The molecule has 0 bridgehead atoms. The van der Waals surface area contributed by atoms with Crippen molar-refractivity contribution in [3.63, 3.8) is 0 Å². The van der Waals surface area contributed by atoms with E-state index < -0.39 is 9.84 Å². The first-order chi connectivity index (χ1) is 11.6. The van der Waals surface area contributed by atoms with Crippen LogP contribution in [0.5, 0.6) is 0 Å². The fraction of sp³-hybridized carbons (Fsp3) is 0.947. The molecule has 5 nitrogen and oxygen atoms in total. The lowest BCUT2D eigenvalue weighted by Crippen LogP contribution is -2.42. The van der Waals surface area contributed by atoms with Gasteiger partial charge in [0.15, 0.2) is 5.96 Å². The van der Waals surface area contributed by atoms with E-state index in [9.17, 15) is 8.42 Å². The van der Waals surface area contributed by atoms with E-state index in [4.69, 9.17) is 4.99 Å². The molecule has 0 atom stereocenters. The zero-order chi connectivity index (χ0) is 18.6. The first kappa shape index (κ1) is 20.5. The molecule has 0 unspecified atom stereocenters. The van der Waals surface area contributed by atoms with Crippen LogP contribution in [0.4, 0.5) is 0 Å². The molecule has 2 fully saturated rings. The first-order valence-corrected chi connectivity index (χ1v) is 11.9. The standard InChI is InChI=1S/C19H37N3O2S/c1-5-20-17(21-15-18(2,3)12-14-25(4,23)24)22-13-11-19(16-22)9-7-6-8-10-19/h5-16H2,1-4H3,(H,20,21). The summed E-state index contributed by atoms with van der Waals surface area (Å²) in [5.41, 5.74) is 0.409. The Kier molecular flexibility index (Phi) is 6.80. The normalized spacial score (nSPS) is 21.8. The number of rotatable bonds is 6. The molecule has 0 radical (unpaired) electrons. The zero-order valence-electron chi connectivity index (χ0n) is 16.6. The molecule has 2 aliphatic rings. The largest absolute Gasteiger partial charge is 0.357 e. The van der Waals surface area contributed by atoms with Gasteiger partial charge in [-0.1, -0.05) is 33.1 Å². The molecular weight excluding hydrogens is 334 g/mol. The van der Waals surface area contributed by atoms with Crippen molar-refractivity contribution in [3.8, 4) is 0 Å². The van der Waals surface area contributed by atoms with Crippen molar-refractivity contribution in [1.82, 2.24) is 10.2 Å². The number of aliphatic imine (C=N–C) groups is 1. The fourth-order valence-electron chi connectivity index (χ4n) is 4.08. The SMILES string of the molecule is CCNC(=NCC(C)(C)CCS(C)(=O)=O)N1CCC2(CCCCC2)C1. The van der Waals surface area contributed by atoms with Crippen molar-refractivity contribution < 1.29 is 8.42 Å². The summed E-state index contributed by atoms with van der Waals surface area (Å²) in [5.74, 6) is 1.25. The second kappa shape index (κ2) is 8.28. The summed E-state index contributed by atoms with van der Waals surface area (Å²) in [6.45, 7) is 10.1. The maximum atomic E-state index is 11.4. The topological polar surface area (TPSA) is 61.8 Å². The Labute approximate surface area is 154 Å². The Balaban J connectivity index is 1.98. The second-order valence-electron chi connectivity index (χ2n) is 8.95. The van der Waals surface area contributed by atoms with Gasteiger partial charge in [-0.15, -0.1) is 0 Å². The van der Waals surface area contributed by atoms with Crippen LogP contribution in [-0.2, 0) is 9.84 Å². The van der Waals surface area contributed by atoms with Crippen molar-refractivity contribution in [2.24, 2.45) is 15.8 Å². The zero-order valence-corrected chi connectivity index (χ0v) is 17.4. The molecule has 1 aliphatic carbocycles. The molecule has 1 heterocycles. The van der Waals surface area contributed by atoms with Crippen LogP contribution >= 0.6 is 0 Å². The lowest BCUT2D eigenvalue weighted by Gasteiger charge is -2.34. The van der Waals surface area contributed by atoms with Crippen molar-refractivity contribution >= 4 is 15.8 Å². The smallest absolute Gasteiger partial charge is 0.193 e. The molecule has 1 N–H and O–H groups in total. The third kappa shape index (κ3) is 6.46. The van der Waals surface area contributed by atoms with E-state index >= 15 is 0 Å². The van der Waals surface area contributed by atoms with Crippen molar-refractivity contribution in [2.75, 3.05) is 38.2 Å². The summed E-state index contributed by atoms with van der Waals surface area (Å²) < 4.78 is 22.9. The molecule has 0 aromatic rings. The van der Waals surface area contributed by atoms with Gasteiger partial charge >= 0.3 is 0 Å². The fourth-order valence-corrected chi connectivity index (χ4v) is 5.00. The van der Waals surface area contributed by atoms with Crippen LogP contribution in [0.15, 0.2) is 4.99 Å². The van der Waals surface area contributed by atoms with Crippen LogP contribution in [-0.4, -0.2) is 57.5 Å². The molecule has 0 amide bonds. The van der Waals surface area contributed by atoms with Crippen LogP contribution in [0.3, 0.4) is 0 Å². The Morgan fingerprint density at radius 3 is 2.48 bits per heavy atom. The lowest BCUT2D eigenvalue weighted by molar-refractivity contribution is 0.203. The summed E-state index contributed by atoms with van der Waals surface area (Å²) >= 11 is 0. The van der Waals surface area contributed by atoms with Gasteiger partial charge in [0.25, 0.3) is 0 Å². The minimum Gasteiger partial charge on any atom is -0.357 e. The highest BCUT2D eigenvalue weighted by atomic mass is 32.2. The van der Waals surface area contributed by atoms with Gasteiger partial charge in [0.2, 0.25) is 0 Å². The molecule has 1 saturated carbocycles. The number of hydrogen-bond donors (Lipinski definition) is 1. The predicted octanol–water partition coefficient (Wildman–Crippen LogP) is 3.07. The molecule has 0 aromatic heterocycles. The summed E-state index contributed by atoms with van der Waals surface area (Å²) in [4.78, 5) is 7.31. The summed E-state index contributed by atoms with van der Waals surface area (Å²) in [7, 11) is -2.91. The van der Waals surface area contributed by atoms with E-state index in [1.807, 2.05) is 0 Å². The quantitative estimate of drug-likeness (QED) is 0.576. The van der Waals surface area contributed by atoms with Crippen LogP contribution in [0.25, 0.3) is 0 Å². The average molecular weight is 372 g/mol. The Morgan fingerprint density at radius 2 is 1.88 bits per heavy atom. The van der Waals surface area contributed by atoms with E-state index in [-0.39, 0.29) is 11.2 Å². The van der Waals surface area contributed by atoms with Gasteiger partial charge < -0.3 is 10.2 Å². The molecule has 25 heavy (non-hydrogen) atoms. The van der Waals surface area contributed by atoms with E-state index in [0.29, 0.717) is 18.4 Å².